The molecule has 0 heterocycles. The van der Waals surface area contributed by atoms with Crippen LogP contribution in [-0.4, -0.2) is 0 Å². The van der Waals surface area contributed by atoms with Crippen molar-refractivity contribution in [1.82, 2.24) is 0 Å². The Bertz CT molecular complexity index is 731. The minimum absolute atomic E-state index is 0.322. The molecule has 0 saturated heterocycles. The van der Waals surface area contributed by atoms with E-state index in [2.05, 4.69) is 91.8 Å². The van der Waals surface area contributed by atoms with Gasteiger partial charge >= 0.3 is 8.25 Å². The highest BCUT2D eigenvalue weighted by Crippen LogP contribution is 2.35. The second kappa shape index (κ2) is 11.3. The Balaban J connectivity index is 2.14. The monoisotopic (exact) mass is 430 g/mol. The third-order valence-corrected chi connectivity index (χ3v) is 6.41. The van der Waals surface area contributed by atoms with Crippen LogP contribution in [0, 0.1) is 0 Å². The van der Waals surface area contributed by atoms with E-state index in [1.54, 1.807) is 0 Å². The van der Waals surface area contributed by atoms with Gasteiger partial charge in [-0.2, -0.15) is 0 Å². The Morgan fingerprint density at radius 1 is 0.600 bits per heavy atom. The van der Waals surface area contributed by atoms with E-state index < -0.39 is 8.25 Å². The summed E-state index contributed by atoms with van der Waals surface area (Å²) in [7, 11) is -2.60. The quantitative estimate of drug-likeness (QED) is 0.356. The molecule has 0 fully saturated rings. The van der Waals surface area contributed by atoms with Crippen molar-refractivity contribution in [3.8, 4) is 0 Å². The Morgan fingerprint density at radius 3 is 1.10 bits per heavy atom. The predicted molar refractivity (Wildman–Crippen MR) is 128 cm³/mol. The largest absolute Gasteiger partial charge is 0.319 e. The van der Waals surface area contributed by atoms with Gasteiger partial charge in [-0.05, 0) is 57.1 Å². The topological polar surface area (TPSA) is 35.5 Å². The molecule has 0 bridgehead atoms. The van der Waals surface area contributed by atoms with Crippen LogP contribution in [-0.2, 0) is 26.8 Å². The van der Waals surface area contributed by atoms with E-state index in [1.807, 2.05) is 0 Å². The Labute approximate surface area is 184 Å². The lowest BCUT2D eigenvalue weighted by Gasteiger charge is -2.21. The lowest BCUT2D eigenvalue weighted by Crippen LogP contribution is -2.05. The molecule has 3 nitrogen and oxygen atoms in total. The van der Waals surface area contributed by atoms with Crippen LogP contribution in [0.15, 0.2) is 36.4 Å². The van der Waals surface area contributed by atoms with E-state index in [-0.39, 0.29) is 0 Å². The van der Waals surface area contributed by atoms with E-state index >= 15 is 0 Å². The lowest BCUT2D eigenvalue weighted by atomic mass is 9.89. The van der Waals surface area contributed by atoms with Crippen molar-refractivity contribution in [2.24, 2.45) is 0 Å². The molecule has 0 aliphatic heterocycles. The van der Waals surface area contributed by atoms with Crippen molar-refractivity contribution in [3.05, 3.63) is 69.8 Å². The summed E-state index contributed by atoms with van der Waals surface area (Å²) in [5, 5.41) is 0. The molecule has 2 aromatic rings. The van der Waals surface area contributed by atoms with Crippen molar-refractivity contribution in [2.45, 2.75) is 92.3 Å². The molecule has 4 heteroatoms. The fourth-order valence-corrected chi connectivity index (χ4v) is 4.66. The first-order chi connectivity index (χ1) is 14.1. The zero-order valence-electron chi connectivity index (χ0n) is 19.9. The Kier molecular flexibility index (Phi) is 9.34. The normalized spacial score (nSPS) is 12.2. The molecule has 0 radical (unpaired) electrons. The van der Waals surface area contributed by atoms with Crippen LogP contribution in [0.5, 0.6) is 0 Å². The minimum Gasteiger partial charge on any atom is -0.306 e. The Hall–Kier alpha value is -1.41. The molecule has 0 unspecified atom stereocenters. The highest BCUT2D eigenvalue weighted by Gasteiger charge is 2.17. The van der Waals surface area contributed by atoms with Crippen molar-refractivity contribution >= 4 is 8.25 Å². The molecule has 0 saturated carbocycles. The molecule has 2 aromatic carbocycles. The second-order valence-electron chi connectivity index (χ2n) is 9.28. The first kappa shape index (κ1) is 24.9. The smallest absolute Gasteiger partial charge is 0.306 e. The van der Waals surface area contributed by atoms with Gasteiger partial charge in [0.15, 0.2) is 0 Å². The third-order valence-electron chi connectivity index (χ3n) is 5.65. The average molecular weight is 431 g/mol. The fourth-order valence-electron chi connectivity index (χ4n) is 4.05. The number of hydrogen-bond acceptors (Lipinski definition) is 3. The van der Waals surface area contributed by atoms with Crippen LogP contribution in [0.4, 0.5) is 0 Å². The zero-order valence-corrected chi connectivity index (χ0v) is 20.9. The first-order valence-electron chi connectivity index (χ1n) is 11.2. The molecule has 0 spiro atoms. The molecule has 0 aliphatic carbocycles. The lowest BCUT2D eigenvalue weighted by molar-refractivity contribution is 0.210. The molecule has 2 rings (SSSR count). The van der Waals surface area contributed by atoms with Crippen molar-refractivity contribution < 1.29 is 13.6 Å². The second-order valence-corrected chi connectivity index (χ2v) is 10.4. The van der Waals surface area contributed by atoms with Gasteiger partial charge in [-0.15, -0.1) is 0 Å². The maximum absolute atomic E-state index is 12.7. The number of benzene rings is 2. The van der Waals surface area contributed by atoms with Crippen LogP contribution in [0.1, 0.15) is 112 Å². The summed E-state index contributed by atoms with van der Waals surface area (Å²) in [6.07, 6.45) is 0. The van der Waals surface area contributed by atoms with Gasteiger partial charge in [0.05, 0.1) is 13.2 Å². The SMILES string of the molecule is CC(C)c1cccc(C(C)C)c1CO[PH](=O)OCc1c(C(C)C)cccc1C(C)C. The summed E-state index contributed by atoms with van der Waals surface area (Å²) in [5.74, 6) is 1.54. The van der Waals surface area contributed by atoms with Gasteiger partial charge in [0, 0.05) is 0 Å². The van der Waals surface area contributed by atoms with Crippen LogP contribution in [0.3, 0.4) is 0 Å². The predicted octanol–water partition coefficient (Wildman–Crippen LogP) is 8.30. The summed E-state index contributed by atoms with van der Waals surface area (Å²) in [6.45, 7) is 18.1. The average Bonchev–Trinajstić information content (AvgIpc) is 2.69. The van der Waals surface area contributed by atoms with Crippen molar-refractivity contribution in [1.29, 1.82) is 0 Å². The maximum Gasteiger partial charge on any atom is 0.319 e. The van der Waals surface area contributed by atoms with Gasteiger partial charge in [0.2, 0.25) is 0 Å². The fraction of sp³-hybridized carbons (Fsp3) is 0.538. The number of hydrogen-bond donors (Lipinski definition) is 0. The summed E-state index contributed by atoms with van der Waals surface area (Å²) >= 11 is 0. The van der Waals surface area contributed by atoms with Crippen LogP contribution in [0.25, 0.3) is 0 Å². The van der Waals surface area contributed by atoms with E-state index in [1.165, 1.54) is 22.3 Å². The van der Waals surface area contributed by atoms with E-state index in [9.17, 15) is 4.57 Å². The summed E-state index contributed by atoms with van der Waals surface area (Å²) in [6, 6.07) is 12.8. The molecule has 0 atom stereocenters. The molecule has 0 amide bonds. The van der Waals surface area contributed by atoms with Crippen LogP contribution < -0.4 is 0 Å². The number of rotatable bonds is 10. The zero-order chi connectivity index (χ0) is 22.4. The highest BCUT2D eigenvalue weighted by atomic mass is 31.1. The molecule has 0 N–H and O–H groups in total. The van der Waals surface area contributed by atoms with Gasteiger partial charge in [-0.25, -0.2) is 0 Å². The van der Waals surface area contributed by atoms with Gasteiger partial charge < -0.3 is 9.05 Å². The van der Waals surface area contributed by atoms with Gasteiger partial charge in [0.1, 0.15) is 0 Å². The van der Waals surface area contributed by atoms with Crippen LogP contribution in [0.2, 0.25) is 0 Å². The molecular weight excluding hydrogens is 391 g/mol. The summed E-state index contributed by atoms with van der Waals surface area (Å²) in [4.78, 5) is 0. The van der Waals surface area contributed by atoms with E-state index in [0.29, 0.717) is 36.9 Å². The minimum atomic E-state index is -2.60. The highest BCUT2D eigenvalue weighted by molar-refractivity contribution is 7.33. The Morgan fingerprint density at radius 2 is 0.867 bits per heavy atom. The van der Waals surface area contributed by atoms with Crippen molar-refractivity contribution in [3.63, 3.8) is 0 Å². The van der Waals surface area contributed by atoms with Crippen LogP contribution >= 0.6 is 8.25 Å². The van der Waals surface area contributed by atoms with Gasteiger partial charge in [0.25, 0.3) is 0 Å². The molecule has 0 aliphatic rings. The summed E-state index contributed by atoms with van der Waals surface area (Å²) in [5.41, 5.74) is 7.31. The molecule has 30 heavy (non-hydrogen) atoms. The van der Waals surface area contributed by atoms with Crippen molar-refractivity contribution in [2.75, 3.05) is 0 Å². The molecular formula is C26H39O3P. The van der Waals surface area contributed by atoms with E-state index in [4.69, 9.17) is 9.05 Å². The van der Waals surface area contributed by atoms with Gasteiger partial charge in [-0.3, -0.25) is 4.57 Å². The summed E-state index contributed by atoms with van der Waals surface area (Å²) < 4.78 is 24.2. The van der Waals surface area contributed by atoms with E-state index in [0.717, 1.165) is 11.1 Å². The first-order valence-corrected chi connectivity index (χ1v) is 12.4. The standard InChI is InChI=1S/C26H39O3P/c1-17(2)21-11-9-12-22(18(3)4)25(21)15-28-30(27)29-16-26-23(19(5)6)13-10-14-24(26)20(7)8/h9-14,17-20,30H,15-16H2,1-8H3. The molecule has 166 valence electrons. The van der Waals surface area contributed by atoms with Gasteiger partial charge in [-0.1, -0.05) is 91.8 Å². The molecule has 0 aromatic heterocycles. The third kappa shape index (κ3) is 6.30. The maximum atomic E-state index is 12.7.